The Morgan fingerprint density at radius 3 is 2.86 bits per heavy atom. The molecular formula is C17H23N3O. The highest BCUT2D eigenvalue weighted by Gasteiger charge is 2.12. The fraction of sp³-hybridized carbons (Fsp3) is 0.529. The fourth-order valence-corrected chi connectivity index (χ4v) is 3.20. The number of nitrogens with zero attached hydrogens (tertiary/aromatic N) is 2. The molecule has 4 nitrogen and oxygen atoms in total. The van der Waals surface area contributed by atoms with E-state index in [2.05, 4.69) is 10.3 Å². The number of aryl methyl sites for hydroxylation is 1. The molecule has 21 heavy (non-hydrogen) atoms. The van der Waals surface area contributed by atoms with Gasteiger partial charge in [0.2, 0.25) is 0 Å². The van der Waals surface area contributed by atoms with Crippen molar-refractivity contribution in [2.24, 2.45) is 0 Å². The normalized spacial score (nSPS) is 16.4. The van der Waals surface area contributed by atoms with Crippen LogP contribution in [0, 0.1) is 0 Å². The van der Waals surface area contributed by atoms with Gasteiger partial charge in [-0.25, -0.2) is 4.98 Å². The van der Waals surface area contributed by atoms with E-state index in [9.17, 15) is 4.79 Å². The molecule has 0 amide bonds. The van der Waals surface area contributed by atoms with Crippen molar-refractivity contribution in [3.63, 3.8) is 0 Å². The Bertz CT molecular complexity index is 644. The predicted molar refractivity (Wildman–Crippen MR) is 85.5 cm³/mol. The molecule has 4 heteroatoms. The Kier molecular flexibility index (Phi) is 4.65. The lowest BCUT2D eigenvalue weighted by Crippen LogP contribution is -2.32. The summed E-state index contributed by atoms with van der Waals surface area (Å²) < 4.78 is 1.84. The second-order valence-electron chi connectivity index (χ2n) is 5.88. The van der Waals surface area contributed by atoms with Crippen molar-refractivity contribution in [1.82, 2.24) is 14.9 Å². The van der Waals surface area contributed by atoms with Crippen molar-refractivity contribution < 1.29 is 0 Å². The van der Waals surface area contributed by atoms with Crippen LogP contribution in [-0.4, -0.2) is 22.1 Å². The highest BCUT2D eigenvalue weighted by molar-refractivity contribution is 5.74. The molecular weight excluding hydrogens is 262 g/mol. The largest absolute Gasteiger partial charge is 0.314 e. The molecule has 0 saturated heterocycles. The maximum Gasteiger partial charge on any atom is 0.269 e. The zero-order valence-electron chi connectivity index (χ0n) is 12.4. The molecule has 1 saturated carbocycles. The summed E-state index contributed by atoms with van der Waals surface area (Å²) in [6, 6.07) is 8.52. The second kappa shape index (κ2) is 6.85. The SMILES string of the molecule is O=c1cnc2ccccc2n1CCCNC1CCCCC1. The number of hydrogen-bond acceptors (Lipinski definition) is 3. The number of nitrogens with one attached hydrogen (secondary N) is 1. The third kappa shape index (κ3) is 3.50. The molecule has 2 aromatic rings. The van der Waals surface area contributed by atoms with Crippen molar-refractivity contribution in [3.8, 4) is 0 Å². The lowest BCUT2D eigenvalue weighted by molar-refractivity contribution is 0.369. The number of para-hydroxylation sites is 2. The van der Waals surface area contributed by atoms with E-state index in [1.807, 2.05) is 28.8 Å². The third-order valence-electron chi connectivity index (χ3n) is 4.35. The first-order valence-corrected chi connectivity index (χ1v) is 8.02. The average Bonchev–Trinajstić information content (AvgIpc) is 2.54. The molecule has 1 aliphatic carbocycles. The van der Waals surface area contributed by atoms with Gasteiger partial charge >= 0.3 is 0 Å². The lowest BCUT2D eigenvalue weighted by atomic mass is 9.95. The van der Waals surface area contributed by atoms with Gasteiger partial charge in [0.05, 0.1) is 17.2 Å². The molecule has 0 atom stereocenters. The lowest BCUT2D eigenvalue weighted by Gasteiger charge is -2.22. The summed E-state index contributed by atoms with van der Waals surface area (Å²) in [6.45, 7) is 1.73. The first-order valence-electron chi connectivity index (χ1n) is 8.02. The smallest absolute Gasteiger partial charge is 0.269 e. The second-order valence-corrected chi connectivity index (χ2v) is 5.88. The van der Waals surface area contributed by atoms with Crippen molar-refractivity contribution >= 4 is 11.0 Å². The molecule has 0 spiro atoms. The number of fused-ring (bicyclic) bond motifs is 1. The number of hydrogen-bond donors (Lipinski definition) is 1. The van der Waals surface area contributed by atoms with Crippen LogP contribution >= 0.6 is 0 Å². The first-order chi connectivity index (χ1) is 10.3. The van der Waals surface area contributed by atoms with Crippen molar-refractivity contribution in [1.29, 1.82) is 0 Å². The van der Waals surface area contributed by atoms with Crippen LogP contribution < -0.4 is 10.9 Å². The minimum atomic E-state index is -0.00799. The van der Waals surface area contributed by atoms with Gasteiger partial charge < -0.3 is 9.88 Å². The molecule has 1 heterocycles. The van der Waals surface area contributed by atoms with Gasteiger partial charge in [0.15, 0.2) is 0 Å². The standard InChI is InChI=1S/C17H23N3O/c21-17-13-19-15-9-4-5-10-16(15)20(17)12-6-11-18-14-7-2-1-3-8-14/h4-5,9-10,13-14,18H,1-3,6-8,11-12H2. The zero-order chi connectivity index (χ0) is 14.5. The van der Waals surface area contributed by atoms with Crippen LogP contribution in [0.15, 0.2) is 35.3 Å². The molecule has 112 valence electrons. The molecule has 1 aromatic carbocycles. The average molecular weight is 285 g/mol. The molecule has 0 radical (unpaired) electrons. The zero-order valence-corrected chi connectivity index (χ0v) is 12.4. The Balaban J connectivity index is 1.60. The molecule has 0 aliphatic heterocycles. The van der Waals surface area contributed by atoms with Gasteiger partial charge in [0.1, 0.15) is 0 Å². The van der Waals surface area contributed by atoms with Crippen LogP contribution in [0.4, 0.5) is 0 Å². The van der Waals surface area contributed by atoms with E-state index in [-0.39, 0.29) is 5.56 Å². The molecule has 3 rings (SSSR count). The van der Waals surface area contributed by atoms with Gasteiger partial charge in [-0.2, -0.15) is 0 Å². The highest BCUT2D eigenvalue weighted by Crippen LogP contribution is 2.17. The summed E-state index contributed by atoms with van der Waals surface area (Å²) in [5.74, 6) is 0. The fourth-order valence-electron chi connectivity index (χ4n) is 3.20. The van der Waals surface area contributed by atoms with Crippen molar-refractivity contribution in [2.45, 2.75) is 51.1 Å². The van der Waals surface area contributed by atoms with Crippen LogP contribution in [0.1, 0.15) is 38.5 Å². The Hall–Kier alpha value is -1.68. The van der Waals surface area contributed by atoms with Crippen LogP contribution in [0.2, 0.25) is 0 Å². The van der Waals surface area contributed by atoms with E-state index >= 15 is 0 Å². The number of rotatable bonds is 5. The summed E-state index contributed by atoms with van der Waals surface area (Å²) in [5, 5.41) is 3.63. The quantitative estimate of drug-likeness (QED) is 0.859. The van der Waals surface area contributed by atoms with E-state index in [4.69, 9.17) is 0 Å². The maximum absolute atomic E-state index is 12.0. The third-order valence-corrected chi connectivity index (χ3v) is 4.35. The number of aromatic nitrogens is 2. The molecule has 1 N–H and O–H groups in total. The van der Waals surface area contributed by atoms with Gasteiger partial charge in [-0.3, -0.25) is 4.79 Å². The molecule has 1 aliphatic rings. The Morgan fingerprint density at radius 1 is 1.19 bits per heavy atom. The maximum atomic E-state index is 12.0. The van der Waals surface area contributed by atoms with Gasteiger partial charge in [0, 0.05) is 12.6 Å². The Morgan fingerprint density at radius 2 is 2.00 bits per heavy atom. The molecule has 1 fully saturated rings. The first kappa shape index (κ1) is 14.3. The topological polar surface area (TPSA) is 46.9 Å². The van der Waals surface area contributed by atoms with Gasteiger partial charge in [-0.1, -0.05) is 31.4 Å². The van der Waals surface area contributed by atoms with Gasteiger partial charge in [0.25, 0.3) is 5.56 Å². The summed E-state index contributed by atoms with van der Waals surface area (Å²) in [5.41, 5.74) is 1.81. The highest BCUT2D eigenvalue weighted by atomic mass is 16.1. The van der Waals surface area contributed by atoms with Crippen molar-refractivity contribution in [3.05, 3.63) is 40.8 Å². The monoisotopic (exact) mass is 285 g/mol. The van der Waals surface area contributed by atoms with E-state index in [0.717, 1.165) is 30.5 Å². The van der Waals surface area contributed by atoms with Gasteiger partial charge in [-0.05, 0) is 37.9 Å². The minimum absolute atomic E-state index is 0.00799. The number of benzene rings is 1. The van der Waals surface area contributed by atoms with Gasteiger partial charge in [-0.15, -0.1) is 0 Å². The van der Waals surface area contributed by atoms with Crippen LogP contribution in [0.5, 0.6) is 0 Å². The summed E-state index contributed by atoms with van der Waals surface area (Å²) >= 11 is 0. The van der Waals surface area contributed by atoms with Crippen molar-refractivity contribution in [2.75, 3.05) is 6.54 Å². The summed E-state index contributed by atoms with van der Waals surface area (Å²) in [4.78, 5) is 16.2. The van der Waals surface area contributed by atoms with E-state index in [1.165, 1.54) is 38.3 Å². The van der Waals surface area contributed by atoms with E-state index in [0.29, 0.717) is 6.04 Å². The van der Waals surface area contributed by atoms with Crippen LogP contribution in [0.25, 0.3) is 11.0 Å². The summed E-state index contributed by atoms with van der Waals surface area (Å²) in [7, 11) is 0. The minimum Gasteiger partial charge on any atom is -0.314 e. The Labute approximate surface area is 125 Å². The van der Waals surface area contributed by atoms with E-state index in [1.54, 1.807) is 0 Å². The molecule has 0 bridgehead atoms. The summed E-state index contributed by atoms with van der Waals surface area (Å²) in [6.07, 6.45) is 9.10. The van der Waals surface area contributed by atoms with E-state index < -0.39 is 0 Å². The molecule has 0 unspecified atom stereocenters. The van der Waals surface area contributed by atoms with Crippen LogP contribution in [0.3, 0.4) is 0 Å². The predicted octanol–water partition coefficient (Wildman–Crippen LogP) is 2.71. The molecule has 1 aromatic heterocycles. The van der Waals surface area contributed by atoms with Crippen LogP contribution in [-0.2, 0) is 6.54 Å².